The third kappa shape index (κ3) is 3.01. The highest BCUT2D eigenvalue weighted by Gasteiger charge is 2.19. The van der Waals surface area contributed by atoms with E-state index in [-0.39, 0.29) is 6.10 Å². The Labute approximate surface area is 113 Å². The van der Waals surface area contributed by atoms with Gasteiger partial charge in [0.05, 0.1) is 10.6 Å². The van der Waals surface area contributed by atoms with Gasteiger partial charge in [-0.15, -0.1) is 5.10 Å². The van der Waals surface area contributed by atoms with Gasteiger partial charge in [-0.05, 0) is 29.8 Å². The molecular weight excluding hydrogens is 307 g/mol. The summed E-state index contributed by atoms with van der Waals surface area (Å²) in [4.78, 5) is 5.86. The molecule has 92 valence electrons. The number of hydrogen-bond donors (Lipinski definition) is 1. The molecule has 17 heavy (non-hydrogen) atoms. The van der Waals surface area contributed by atoms with Crippen LogP contribution in [0.15, 0.2) is 21.7 Å². The minimum atomic E-state index is -0.483. The summed E-state index contributed by atoms with van der Waals surface area (Å²) >= 11 is 9.42. The Balaban J connectivity index is 2.17. The van der Waals surface area contributed by atoms with E-state index in [4.69, 9.17) is 16.3 Å². The fourth-order valence-corrected chi connectivity index (χ4v) is 1.90. The molecule has 0 saturated carbocycles. The molecule has 2 heterocycles. The van der Waals surface area contributed by atoms with Crippen molar-refractivity contribution in [3.8, 4) is 5.88 Å². The molecule has 0 fully saturated rings. The molecule has 1 aliphatic heterocycles. The smallest absolute Gasteiger partial charge is 0.234 e. The van der Waals surface area contributed by atoms with E-state index in [9.17, 15) is 0 Å². The van der Waals surface area contributed by atoms with Crippen molar-refractivity contribution in [2.45, 2.75) is 25.6 Å². The van der Waals surface area contributed by atoms with Gasteiger partial charge in [0, 0.05) is 18.5 Å². The third-order valence-electron chi connectivity index (χ3n) is 1.99. The molecule has 0 aliphatic carbocycles. The maximum atomic E-state index is 6.07. The average Bonchev–Trinajstić information content (AvgIpc) is 2.69. The first-order valence-corrected chi connectivity index (χ1v) is 6.34. The topological polar surface area (TPSA) is 53.5 Å². The van der Waals surface area contributed by atoms with Crippen LogP contribution in [0.4, 0.5) is 5.82 Å². The number of alkyl halides is 1. The van der Waals surface area contributed by atoms with E-state index in [1.54, 1.807) is 17.2 Å². The molecule has 1 aromatic heterocycles. The summed E-state index contributed by atoms with van der Waals surface area (Å²) in [5, 5.41) is 6.91. The van der Waals surface area contributed by atoms with Crippen molar-refractivity contribution in [3.63, 3.8) is 0 Å². The number of aromatic nitrogens is 2. The van der Waals surface area contributed by atoms with E-state index < -0.39 is 5.62 Å². The molecule has 7 heteroatoms. The first-order chi connectivity index (χ1) is 8.06. The molecule has 0 radical (unpaired) electrons. The summed E-state index contributed by atoms with van der Waals surface area (Å²) in [6, 6.07) is 1.78. The van der Waals surface area contributed by atoms with Crippen LogP contribution in [0.5, 0.6) is 5.88 Å². The molecule has 0 aromatic carbocycles. The van der Waals surface area contributed by atoms with Gasteiger partial charge in [-0.3, -0.25) is 15.0 Å². The number of nitrogens with one attached hydrogen (secondary N) is 1. The lowest BCUT2D eigenvalue weighted by Gasteiger charge is -2.23. The van der Waals surface area contributed by atoms with Crippen molar-refractivity contribution in [1.82, 2.24) is 10.2 Å². The molecule has 0 saturated heterocycles. The molecule has 5 nitrogen and oxygen atoms in total. The lowest BCUT2D eigenvalue weighted by Crippen LogP contribution is -2.27. The Hall–Kier alpha value is -1.01. The van der Waals surface area contributed by atoms with Gasteiger partial charge in [-0.25, -0.2) is 0 Å². The van der Waals surface area contributed by atoms with Gasteiger partial charge >= 0.3 is 0 Å². The Bertz CT molecular complexity index is 457. The monoisotopic (exact) mass is 318 g/mol. The second-order valence-electron chi connectivity index (χ2n) is 3.77. The number of hydrogen-bond acceptors (Lipinski definition) is 4. The Morgan fingerprint density at radius 1 is 1.59 bits per heavy atom. The molecule has 0 amide bonds. The highest BCUT2D eigenvalue weighted by Crippen LogP contribution is 2.26. The molecule has 2 rings (SSSR count). The van der Waals surface area contributed by atoms with E-state index in [2.05, 4.69) is 31.1 Å². The number of nitrogens with zero attached hydrogens (tertiary/aromatic N) is 3. The zero-order valence-electron chi connectivity index (χ0n) is 9.39. The van der Waals surface area contributed by atoms with Crippen LogP contribution in [0.1, 0.15) is 13.8 Å². The fourth-order valence-electron chi connectivity index (χ4n) is 1.34. The first-order valence-electron chi connectivity index (χ1n) is 5.11. The van der Waals surface area contributed by atoms with Crippen molar-refractivity contribution in [2.75, 3.05) is 4.90 Å². The largest absolute Gasteiger partial charge is 0.474 e. The molecule has 1 aromatic rings. The van der Waals surface area contributed by atoms with E-state index in [1.807, 2.05) is 20.0 Å². The average molecular weight is 320 g/mol. The van der Waals surface area contributed by atoms with Crippen LogP contribution >= 0.6 is 27.5 Å². The van der Waals surface area contributed by atoms with Crippen LogP contribution in [-0.4, -0.2) is 28.1 Å². The van der Waals surface area contributed by atoms with Gasteiger partial charge in [0.15, 0.2) is 0 Å². The predicted molar refractivity (Wildman–Crippen MR) is 72.0 cm³/mol. The summed E-state index contributed by atoms with van der Waals surface area (Å²) in [6.07, 6.45) is 3.58. The van der Waals surface area contributed by atoms with Crippen molar-refractivity contribution >= 4 is 39.6 Å². The van der Waals surface area contributed by atoms with Gasteiger partial charge in [-0.2, -0.15) is 0 Å². The SMILES string of the molecule is CC(C)Oc1cc(N2C=C(Br)C=NC2Cl)[nH]n1. The predicted octanol–water partition coefficient (Wildman–Crippen LogP) is 2.85. The number of halogens is 2. The number of ether oxygens (including phenoxy) is 1. The van der Waals surface area contributed by atoms with E-state index in [1.165, 1.54) is 0 Å². The van der Waals surface area contributed by atoms with Crippen LogP contribution in [-0.2, 0) is 0 Å². The highest BCUT2D eigenvalue weighted by atomic mass is 79.9. The van der Waals surface area contributed by atoms with E-state index in [0.717, 1.165) is 10.3 Å². The molecule has 1 aliphatic rings. The van der Waals surface area contributed by atoms with Crippen LogP contribution in [0.2, 0.25) is 0 Å². The van der Waals surface area contributed by atoms with Crippen molar-refractivity contribution in [2.24, 2.45) is 4.99 Å². The zero-order chi connectivity index (χ0) is 12.4. The molecule has 1 unspecified atom stereocenters. The van der Waals surface area contributed by atoms with Crippen molar-refractivity contribution < 1.29 is 4.74 Å². The third-order valence-corrected chi connectivity index (χ3v) is 2.72. The molecule has 1 atom stereocenters. The quantitative estimate of drug-likeness (QED) is 0.688. The van der Waals surface area contributed by atoms with Crippen LogP contribution in [0.25, 0.3) is 0 Å². The Morgan fingerprint density at radius 3 is 3.06 bits per heavy atom. The van der Waals surface area contributed by atoms with Crippen LogP contribution in [0.3, 0.4) is 0 Å². The Morgan fingerprint density at radius 2 is 2.35 bits per heavy atom. The number of H-pyrrole nitrogens is 1. The lowest BCUT2D eigenvalue weighted by molar-refractivity contribution is 0.232. The van der Waals surface area contributed by atoms with Gasteiger partial charge in [0.2, 0.25) is 11.5 Å². The minimum absolute atomic E-state index is 0.0830. The van der Waals surface area contributed by atoms with Gasteiger partial charge in [-0.1, -0.05) is 11.6 Å². The van der Waals surface area contributed by atoms with Crippen molar-refractivity contribution in [3.05, 3.63) is 16.7 Å². The summed E-state index contributed by atoms with van der Waals surface area (Å²) < 4.78 is 6.31. The molecule has 1 N–H and O–H groups in total. The first kappa shape index (κ1) is 12.4. The number of aliphatic imine (C=N–C) groups is 1. The summed E-state index contributed by atoms with van der Waals surface area (Å²) in [5.74, 6) is 1.27. The van der Waals surface area contributed by atoms with Crippen LogP contribution in [0, 0.1) is 0 Å². The highest BCUT2D eigenvalue weighted by molar-refractivity contribution is 9.12. The number of rotatable bonds is 3. The zero-order valence-corrected chi connectivity index (χ0v) is 11.7. The van der Waals surface area contributed by atoms with Crippen molar-refractivity contribution in [1.29, 1.82) is 0 Å². The lowest BCUT2D eigenvalue weighted by atomic mass is 10.4. The number of anilines is 1. The summed E-state index contributed by atoms with van der Waals surface area (Å²) in [6.45, 7) is 3.89. The summed E-state index contributed by atoms with van der Waals surface area (Å²) in [7, 11) is 0. The Kier molecular flexibility index (Phi) is 3.73. The number of allylic oxidation sites excluding steroid dienone is 1. The second-order valence-corrected chi connectivity index (χ2v) is 5.07. The van der Waals surface area contributed by atoms with Gasteiger partial charge in [0.25, 0.3) is 0 Å². The molecule has 0 spiro atoms. The van der Waals surface area contributed by atoms with Gasteiger partial charge in [0.1, 0.15) is 5.82 Å². The molecular formula is C10H12BrClN4O. The normalized spacial score (nSPS) is 19.7. The maximum Gasteiger partial charge on any atom is 0.234 e. The fraction of sp³-hybridized carbons (Fsp3) is 0.400. The van der Waals surface area contributed by atoms with E-state index in [0.29, 0.717) is 5.88 Å². The van der Waals surface area contributed by atoms with Gasteiger partial charge < -0.3 is 4.74 Å². The second kappa shape index (κ2) is 5.10. The van der Waals surface area contributed by atoms with E-state index >= 15 is 0 Å². The maximum absolute atomic E-state index is 6.07. The molecule has 0 bridgehead atoms. The summed E-state index contributed by atoms with van der Waals surface area (Å²) in [5.41, 5.74) is -0.483. The van der Waals surface area contributed by atoms with Crippen LogP contribution < -0.4 is 9.64 Å². The number of aromatic amines is 1. The standard InChI is InChI=1S/C10H12BrClN4O/c1-6(2)17-9-3-8(14-15-9)16-5-7(11)4-13-10(16)12/h3-6,10H,1-2H3,(H,14,15). The minimum Gasteiger partial charge on any atom is -0.474 e.